The zero-order chi connectivity index (χ0) is 17.3. The second-order valence-electron chi connectivity index (χ2n) is 5.55. The molecule has 2 aromatic rings. The predicted molar refractivity (Wildman–Crippen MR) is 82.5 cm³/mol. The van der Waals surface area contributed by atoms with Gasteiger partial charge in [0.05, 0.1) is 17.8 Å². The molecule has 0 spiro atoms. The van der Waals surface area contributed by atoms with E-state index in [2.05, 4.69) is 0 Å². The summed E-state index contributed by atoms with van der Waals surface area (Å²) in [5.74, 6) is -0.0543. The molecule has 7 heteroatoms. The fourth-order valence-electron chi connectivity index (χ4n) is 2.62. The van der Waals surface area contributed by atoms with E-state index >= 15 is 0 Å². The van der Waals surface area contributed by atoms with E-state index in [1.807, 2.05) is 17.0 Å². The highest BCUT2D eigenvalue weighted by atomic mass is 19.4. The number of carbonyl (C=O) groups excluding carboxylic acids is 1. The van der Waals surface area contributed by atoms with Gasteiger partial charge in [0.2, 0.25) is 0 Å². The molecule has 0 saturated heterocycles. The molecule has 3 rings (SSSR count). The number of amides is 1. The molecule has 1 aliphatic heterocycles. The highest BCUT2D eigenvalue weighted by Crippen LogP contribution is 2.34. The Hall–Kier alpha value is -2.70. The molecule has 1 atom stereocenters. The average molecular weight is 336 g/mol. The Balaban J connectivity index is 1.84. The van der Waals surface area contributed by atoms with Crippen LogP contribution in [-0.4, -0.2) is 18.6 Å². The van der Waals surface area contributed by atoms with Crippen molar-refractivity contribution < 1.29 is 22.7 Å². The normalized spacial score (nSPS) is 17.1. The lowest BCUT2D eigenvalue weighted by atomic mass is 10.1. The summed E-state index contributed by atoms with van der Waals surface area (Å²) in [6.45, 7) is 0.593. The van der Waals surface area contributed by atoms with Crippen molar-refractivity contribution in [3.63, 3.8) is 0 Å². The highest BCUT2D eigenvalue weighted by molar-refractivity contribution is 5.81. The summed E-state index contributed by atoms with van der Waals surface area (Å²) in [7, 11) is 0. The van der Waals surface area contributed by atoms with Crippen LogP contribution in [-0.2, 0) is 17.5 Å². The lowest BCUT2D eigenvalue weighted by Crippen LogP contribution is -2.46. The molecule has 2 N–H and O–H groups in total. The third kappa shape index (κ3) is 3.29. The molecule has 2 aromatic carbocycles. The van der Waals surface area contributed by atoms with Crippen molar-refractivity contribution in [1.82, 2.24) is 0 Å². The van der Waals surface area contributed by atoms with Gasteiger partial charge in [0.1, 0.15) is 5.75 Å². The van der Waals surface area contributed by atoms with Crippen molar-refractivity contribution in [2.45, 2.75) is 18.8 Å². The van der Waals surface area contributed by atoms with E-state index in [1.165, 1.54) is 12.1 Å². The molecule has 1 amide bonds. The molecular formula is C17H15F3N2O2. The maximum Gasteiger partial charge on any atom is 0.416 e. The van der Waals surface area contributed by atoms with Crippen LogP contribution in [0.5, 0.6) is 5.75 Å². The second kappa shape index (κ2) is 6.07. The van der Waals surface area contributed by atoms with Gasteiger partial charge in [-0.3, -0.25) is 4.79 Å². The summed E-state index contributed by atoms with van der Waals surface area (Å²) in [5, 5.41) is 0. The molecule has 0 fully saturated rings. The van der Waals surface area contributed by atoms with E-state index in [0.717, 1.165) is 17.8 Å². The van der Waals surface area contributed by atoms with E-state index < -0.39 is 23.8 Å². The van der Waals surface area contributed by atoms with Gasteiger partial charge in [-0.1, -0.05) is 24.3 Å². The molecular weight excluding hydrogens is 321 g/mol. The quantitative estimate of drug-likeness (QED) is 0.938. The Morgan fingerprint density at radius 3 is 2.46 bits per heavy atom. The molecule has 24 heavy (non-hydrogen) atoms. The first-order valence-corrected chi connectivity index (χ1v) is 7.30. The standard InChI is InChI=1S/C17H15F3N2O2/c18-17(19,20)12-7-5-11(6-8-12)9-22-10-15(16(21)23)24-14-4-2-1-3-13(14)22/h1-8,15H,9-10H2,(H2,21,23). The number of ether oxygens (including phenoxy) is 1. The molecule has 0 bridgehead atoms. The SMILES string of the molecule is NC(=O)C1CN(Cc2ccc(C(F)(F)F)cc2)c2ccccc2O1. The van der Waals surface area contributed by atoms with Gasteiger partial charge in [0.25, 0.3) is 5.91 Å². The minimum Gasteiger partial charge on any atom is -0.477 e. The van der Waals surface area contributed by atoms with Gasteiger partial charge < -0.3 is 15.4 Å². The Bertz CT molecular complexity index is 744. The van der Waals surface area contributed by atoms with Crippen molar-refractivity contribution in [3.8, 4) is 5.75 Å². The van der Waals surface area contributed by atoms with Gasteiger partial charge in [-0.15, -0.1) is 0 Å². The molecule has 0 radical (unpaired) electrons. The first kappa shape index (κ1) is 16.2. The molecule has 126 valence electrons. The summed E-state index contributed by atoms with van der Waals surface area (Å²) in [4.78, 5) is 13.3. The lowest BCUT2D eigenvalue weighted by Gasteiger charge is -2.35. The summed E-state index contributed by atoms with van der Waals surface area (Å²) in [5.41, 5.74) is 6.11. The third-order valence-corrected chi connectivity index (χ3v) is 3.83. The van der Waals surface area contributed by atoms with Crippen molar-refractivity contribution in [2.75, 3.05) is 11.4 Å². The second-order valence-corrected chi connectivity index (χ2v) is 5.55. The van der Waals surface area contributed by atoms with Crippen LogP contribution >= 0.6 is 0 Å². The van der Waals surface area contributed by atoms with Crippen LogP contribution in [0, 0.1) is 0 Å². The van der Waals surface area contributed by atoms with Crippen molar-refractivity contribution in [3.05, 3.63) is 59.7 Å². The number of carbonyl (C=O) groups is 1. The fraction of sp³-hybridized carbons (Fsp3) is 0.235. The van der Waals surface area contributed by atoms with E-state index in [9.17, 15) is 18.0 Å². The van der Waals surface area contributed by atoms with Gasteiger partial charge >= 0.3 is 6.18 Å². The van der Waals surface area contributed by atoms with Crippen molar-refractivity contribution >= 4 is 11.6 Å². The number of primary amides is 1. The number of fused-ring (bicyclic) bond motifs is 1. The Morgan fingerprint density at radius 2 is 1.83 bits per heavy atom. The number of para-hydroxylation sites is 2. The van der Waals surface area contributed by atoms with Gasteiger partial charge in [-0.05, 0) is 29.8 Å². The van der Waals surface area contributed by atoms with Crippen LogP contribution in [0.1, 0.15) is 11.1 Å². The number of hydrogen-bond acceptors (Lipinski definition) is 3. The van der Waals surface area contributed by atoms with Crippen LogP contribution in [0.4, 0.5) is 18.9 Å². The predicted octanol–water partition coefficient (Wildman–Crippen LogP) is 2.96. The number of benzene rings is 2. The number of nitrogens with zero attached hydrogens (tertiary/aromatic N) is 1. The van der Waals surface area contributed by atoms with Crippen molar-refractivity contribution in [1.29, 1.82) is 0 Å². The molecule has 0 saturated carbocycles. The van der Waals surface area contributed by atoms with Crippen LogP contribution in [0.3, 0.4) is 0 Å². The first-order valence-electron chi connectivity index (χ1n) is 7.30. The molecule has 0 aromatic heterocycles. The largest absolute Gasteiger partial charge is 0.477 e. The number of rotatable bonds is 3. The minimum absolute atomic E-state index is 0.243. The van der Waals surface area contributed by atoms with Crippen LogP contribution in [0.15, 0.2) is 48.5 Å². The molecule has 4 nitrogen and oxygen atoms in total. The number of halogens is 3. The average Bonchev–Trinajstić information content (AvgIpc) is 2.54. The van der Waals surface area contributed by atoms with Crippen LogP contribution in [0.25, 0.3) is 0 Å². The highest BCUT2D eigenvalue weighted by Gasteiger charge is 2.31. The maximum absolute atomic E-state index is 12.6. The van der Waals surface area contributed by atoms with Gasteiger partial charge in [0.15, 0.2) is 6.10 Å². The lowest BCUT2D eigenvalue weighted by molar-refractivity contribution is -0.137. The zero-order valence-corrected chi connectivity index (χ0v) is 12.6. The number of anilines is 1. The Morgan fingerprint density at radius 1 is 1.17 bits per heavy atom. The Kier molecular flexibility index (Phi) is 4.09. The zero-order valence-electron chi connectivity index (χ0n) is 12.6. The van der Waals surface area contributed by atoms with Crippen LogP contribution in [0.2, 0.25) is 0 Å². The van der Waals surface area contributed by atoms with Gasteiger partial charge in [0, 0.05) is 6.54 Å². The molecule has 1 unspecified atom stereocenters. The third-order valence-electron chi connectivity index (χ3n) is 3.83. The maximum atomic E-state index is 12.6. The van der Waals surface area contributed by atoms with E-state index in [1.54, 1.807) is 12.1 Å². The topological polar surface area (TPSA) is 55.6 Å². The van der Waals surface area contributed by atoms with E-state index in [0.29, 0.717) is 17.9 Å². The summed E-state index contributed by atoms with van der Waals surface area (Å²) < 4.78 is 43.5. The van der Waals surface area contributed by atoms with E-state index in [-0.39, 0.29) is 6.54 Å². The van der Waals surface area contributed by atoms with Crippen molar-refractivity contribution in [2.24, 2.45) is 5.73 Å². The van der Waals surface area contributed by atoms with Crippen LogP contribution < -0.4 is 15.4 Å². The summed E-state index contributed by atoms with van der Waals surface area (Å²) in [6.07, 6.45) is -5.16. The summed E-state index contributed by atoms with van der Waals surface area (Å²) >= 11 is 0. The molecule has 1 heterocycles. The van der Waals surface area contributed by atoms with Gasteiger partial charge in [-0.2, -0.15) is 13.2 Å². The molecule has 1 aliphatic rings. The molecule has 0 aliphatic carbocycles. The smallest absolute Gasteiger partial charge is 0.416 e. The number of alkyl halides is 3. The minimum atomic E-state index is -4.36. The Labute approximate surface area is 136 Å². The van der Waals surface area contributed by atoms with E-state index in [4.69, 9.17) is 10.5 Å². The first-order chi connectivity index (χ1) is 11.3. The fourth-order valence-corrected chi connectivity index (χ4v) is 2.62. The number of nitrogens with two attached hydrogens (primary N) is 1. The monoisotopic (exact) mass is 336 g/mol. The summed E-state index contributed by atoms with van der Waals surface area (Å²) in [6, 6.07) is 12.1. The number of hydrogen-bond donors (Lipinski definition) is 1. The van der Waals surface area contributed by atoms with Gasteiger partial charge in [-0.25, -0.2) is 0 Å².